The van der Waals surface area contributed by atoms with Crippen molar-refractivity contribution in [3.05, 3.63) is 40.5 Å². The normalized spacial score (nSPS) is 10.5. The first-order chi connectivity index (χ1) is 6.18. The van der Waals surface area contributed by atoms with Gasteiger partial charge < -0.3 is 9.52 Å². The van der Waals surface area contributed by atoms with Crippen molar-refractivity contribution in [2.24, 2.45) is 0 Å². The molecular formula is C9H5FO3. The van der Waals surface area contributed by atoms with E-state index in [1.54, 1.807) is 0 Å². The molecule has 0 saturated carbocycles. The minimum atomic E-state index is -0.699. The van der Waals surface area contributed by atoms with Crippen molar-refractivity contribution < 1.29 is 13.9 Å². The van der Waals surface area contributed by atoms with Gasteiger partial charge in [-0.3, -0.25) is 0 Å². The maximum Gasteiger partial charge on any atom is 0.339 e. The number of fused-ring (bicyclic) bond motifs is 1. The van der Waals surface area contributed by atoms with Gasteiger partial charge in [-0.25, -0.2) is 9.18 Å². The molecule has 0 saturated heterocycles. The third-order valence-electron chi connectivity index (χ3n) is 1.73. The van der Waals surface area contributed by atoms with Gasteiger partial charge in [-0.15, -0.1) is 0 Å². The Morgan fingerprint density at radius 2 is 2.15 bits per heavy atom. The molecule has 3 nitrogen and oxygen atoms in total. The van der Waals surface area contributed by atoms with Gasteiger partial charge in [0.25, 0.3) is 5.95 Å². The molecule has 0 amide bonds. The Balaban J connectivity index is 3.03. The summed E-state index contributed by atoms with van der Waals surface area (Å²) in [7, 11) is 0. The molecule has 0 fully saturated rings. The van der Waals surface area contributed by atoms with Crippen LogP contribution in [0.3, 0.4) is 0 Å². The van der Waals surface area contributed by atoms with E-state index in [4.69, 9.17) is 5.11 Å². The Hall–Kier alpha value is -1.84. The maximum absolute atomic E-state index is 13.1. The van der Waals surface area contributed by atoms with Crippen molar-refractivity contribution in [1.82, 2.24) is 0 Å². The third kappa shape index (κ3) is 1.16. The van der Waals surface area contributed by atoms with Crippen LogP contribution in [0.15, 0.2) is 33.5 Å². The topological polar surface area (TPSA) is 50.4 Å². The van der Waals surface area contributed by atoms with Gasteiger partial charge in [0.05, 0.1) is 5.39 Å². The molecular weight excluding hydrogens is 175 g/mol. The minimum Gasteiger partial charge on any atom is -0.480 e. The molecule has 1 aromatic heterocycles. The SMILES string of the molecule is O=c1cc2cccc(F)c2c(O)o1. The summed E-state index contributed by atoms with van der Waals surface area (Å²) in [5.74, 6) is -1.29. The highest BCUT2D eigenvalue weighted by Gasteiger charge is 2.08. The van der Waals surface area contributed by atoms with Gasteiger partial charge in [0.1, 0.15) is 5.82 Å². The van der Waals surface area contributed by atoms with Crippen molar-refractivity contribution in [2.45, 2.75) is 0 Å². The van der Waals surface area contributed by atoms with Crippen LogP contribution in [0.2, 0.25) is 0 Å². The standard InChI is InChI=1S/C9H5FO3/c10-6-3-1-2-5-4-7(11)13-9(12)8(5)6/h1-4,12H. The summed E-state index contributed by atoms with van der Waals surface area (Å²) in [5, 5.41) is 9.39. The molecule has 0 aliphatic heterocycles. The van der Waals surface area contributed by atoms with Gasteiger partial charge >= 0.3 is 5.63 Å². The van der Waals surface area contributed by atoms with E-state index in [1.165, 1.54) is 18.2 Å². The highest BCUT2D eigenvalue weighted by atomic mass is 19.1. The number of hydrogen-bond donors (Lipinski definition) is 1. The van der Waals surface area contributed by atoms with Crippen molar-refractivity contribution in [2.75, 3.05) is 0 Å². The Morgan fingerprint density at radius 1 is 1.38 bits per heavy atom. The van der Waals surface area contributed by atoms with E-state index in [9.17, 15) is 9.18 Å². The summed E-state index contributed by atoms with van der Waals surface area (Å²) >= 11 is 0. The van der Waals surface area contributed by atoms with Crippen LogP contribution < -0.4 is 5.63 Å². The van der Waals surface area contributed by atoms with E-state index in [0.717, 1.165) is 6.07 Å². The van der Waals surface area contributed by atoms with Crippen LogP contribution in [0.5, 0.6) is 5.95 Å². The summed E-state index contributed by atoms with van der Waals surface area (Å²) in [6.07, 6.45) is 0. The first kappa shape index (κ1) is 7.79. The summed E-state index contributed by atoms with van der Waals surface area (Å²) in [6.45, 7) is 0. The lowest BCUT2D eigenvalue weighted by atomic mass is 10.2. The largest absolute Gasteiger partial charge is 0.480 e. The van der Waals surface area contributed by atoms with Crippen LogP contribution in [0.4, 0.5) is 4.39 Å². The Bertz CT molecular complexity index is 516. The molecule has 0 radical (unpaired) electrons. The van der Waals surface area contributed by atoms with Crippen LogP contribution in [-0.2, 0) is 0 Å². The number of hydrogen-bond acceptors (Lipinski definition) is 3. The zero-order valence-corrected chi connectivity index (χ0v) is 6.45. The highest BCUT2D eigenvalue weighted by molar-refractivity contribution is 5.86. The fourth-order valence-corrected chi connectivity index (χ4v) is 1.19. The van der Waals surface area contributed by atoms with Crippen molar-refractivity contribution >= 4 is 10.8 Å². The van der Waals surface area contributed by atoms with E-state index in [1.807, 2.05) is 0 Å². The smallest absolute Gasteiger partial charge is 0.339 e. The predicted octanol–water partition coefficient (Wildman–Crippen LogP) is 1.64. The summed E-state index contributed by atoms with van der Waals surface area (Å²) in [4.78, 5) is 10.8. The zero-order valence-electron chi connectivity index (χ0n) is 6.45. The van der Waals surface area contributed by atoms with Gasteiger partial charge in [-0.1, -0.05) is 12.1 Å². The fraction of sp³-hybridized carbons (Fsp3) is 0. The molecule has 1 N–H and O–H groups in total. The molecule has 0 aliphatic rings. The molecule has 0 atom stereocenters. The average Bonchev–Trinajstić information content (AvgIpc) is 2.02. The number of aromatic hydroxyl groups is 1. The highest BCUT2D eigenvalue weighted by Crippen LogP contribution is 2.24. The molecule has 0 unspecified atom stereocenters. The van der Waals surface area contributed by atoms with Gasteiger partial charge in [0.2, 0.25) is 0 Å². The van der Waals surface area contributed by atoms with E-state index in [2.05, 4.69) is 4.42 Å². The second kappa shape index (κ2) is 2.58. The molecule has 2 rings (SSSR count). The second-order valence-electron chi connectivity index (χ2n) is 2.57. The van der Waals surface area contributed by atoms with Crippen LogP contribution in [0, 0.1) is 5.82 Å². The predicted molar refractivity (Wildman–Crippen MR) is 44.1 cm³/mol. The average molecular weight is 180 g/mol. The molecule has 0 bridgehead atoms. The molecule has 1 heterocycles. The van der Waals surface area contributed by atoms with E-state index in [0.29, 0.717) is 5.39 Å². The lowest BCUT2D eigenvalue weighted by Gasteiger charge is -1.98. The number of rotatable bonds is 0. The number of halogens is 1. The van der Waals surface area contributed by atoms with Crippen molar-refractivity contribution in [1.29, 1.82) is 0 Å². The van der Waals surface area contributed by atoms with E-state index < -0.39 is 17.4 Å². The first-order valence-electron chi connectivity index (χ1n) is 3.60. The molecule has 0 spiro atoms. The van der Waals surface area contributed by atoms with Gasteiger partial charge in [0.15, 0.2) is 0 Å². The molecule has 4 heteroatoms. The monoisotopic (exact) mass is 180 g/mol. The summed E-state index contributed by atoms with van der Waals surface area (Å²) in [5.41, 5.74) is -0.699. The summed E-state index contributed by atoms with van der Waals surface area (Å²) < 4.78 is 17.4. The molecule has 13 heavy (non-hydrogen) atoms. The first-order valence-corrected chi connectivity index (χ1v) is 3.60. The lowest BCUT2D eigenvalue weighted by Crippen LogP contribution is -1.96. The minimum absolute atomic E-state index is 0.0675. The lowest BCUT2D eigenvalue weighted by molar-refractivity contribution is 0.316. The third-order valence-corrected chi connectivity index (χ3v) is 1.73. The fourth-order valence-electron chi connectivity index (χ4n) is 1.19. The van der Waals surface area contributed by atoms with Crippen LogP contribution in [-0.4, -0.2) is 5.11 Å². The Labute approximate surface area is 72.0 Å². The second-order valence-corrected chi connectivity index (χ2v) is 2.57. The van der Waals surface area contributed by atoms with Crippen LogP contribution >= 0.6 is 0 Å². The molecule has 1 aromatic carbocycles. The number of benzene rings is 1. The Morgan fingerprint density at radius 3 is 2.92 bits per heavy atom. The zero-order chi connectivity index (χ0) is 9.42. The van der Waals surface area contributed by atoms with E-state index >= 15 is 0 Å². The molecule has 0 aliphatic carbocycles. The van der Waals surface area contributed by atoms with Gasteiger partial charge in [0, 0.05) is 6.07 Å². The maximum atomic E-state index is 13.1. The Kier molecular flexibility index (Phi) is 1.55. The molecule has 66 valence electrons. The van der Waals surface area contributed by atoms with Gasteiger partial charge in [-0.05, 0) is 11.5 Å². The van der Waals surface area contributed by atoms with Crippen molar-refractivity contribution in [3.8, 4) is 5.95 Å². The quantitative estimate of drug-likeness (QED) is 0.670. The van der Waals surface area contributed by atoms with Crippen LogP contribution in [0.25, 0.3) is 10.8 Å². The van der Waals surface area contributed by atoms with Crippen molar-refractivity contribution in [3.63, 3.8) is 0 Å². The molecule has 2 aromatic rings. The summed E-state index contributed by atoms with van der Waals surface area (Å²) in [6, 6.07) is 5.28. The van der Waals surface area contributed by atoms with Gasteiger partial charge in [-0.2, -0.15) is 0 Å². The van der Waals surface area contributed by atoms with E-state index in [-0.39, 0.29) is 5.39 Å². The van der Waals surface area contributed by atoms with Crippen LogP contribution in [0.1, 0.15) is 0 Å².